The summed E-state index contributed by atoms with van der Waals surface area (Å²) in [4.78, 5) is 23.2. The van der Waals surface area contributed by atoms with E-state index in [2.05, 4.69) is 20.8 Å². The number of hydrogen-bond donors (Lipinski definition) is 4. The molecule has 4 rings (SSSR count). The molecular formula is C27H34N6O6S. The third-order valence-electron chi connectivity index (χ3n) is 6.52. The van der Waals surface area contributed by atoms with Gasteiger partial charge in [0.15, 0.2) is 6.29 Å². The van der Waals surface area contributed by atoms with Crippen LogP contribution in [0.4, 0.5) is 0 Å². The third-order valence-corrected chi connectivity index (χ3v) is 7.66. The summed E-state index contributed by atoms with van der Waals surface area (Å²) in [6, 6.07) is 15.5. The van der Waals surface area contributed by atoms with E-state index in [0.717, 1.165) is 22.3 Å². The van der Waals surface area contributed by atoms with Crippen molar-refractivity contribution in [3.63, 3.8) is 0 Å². The number of aliphatic hydroxyl groups excluding tert-OH is 1. The summed E-state index contributed by atoms with van der Waals surface area (Å²) in [6.45, 7) is 0.367. The number of carbonyl (C=O) groups excluding carboxylic acids is 2. The zero-order valence-electron chi connectivity index (χ0n) is 22.2. The van der Waals surface area contributed by atoms with Crippen molar-refractivity contribution in [3.05, 3.63) is 70.8 Å². The topological polar surface area (TPSA) is 161 Å². The number of nitrogens with one attached hydrogen (secondary N) is 2. The lowest BCUT2D eigenvalue weighted by atomic mass is 10.0. The van der Waals surface area contributed by atoms with Crippen LogP contribution in [0.25, 0.3) is 0 Å². The molecule has 13 heteroatoms. The van der Waals surface area contributed by atoms with Gasteiger partial charge in [0.1, 0.15) is 0 Å². The predicted octanol–water partition coefficient (Wildman–Crippen LogP) is 2.72. The first-order chi connectivity index (χ1) is 19.4. The van der Waals surface area contributed by atoms with Crippen molar-refractivity contribution in [1.82, 2.24) is 31.0 Å². The van der Waals surface area contributed by atoms with Gasteiger partial charge in [0.05, 0.1) is 18.8 Å². The van der Waals surface area contributed by atoms with Crippen LogP contribution < -0.4 is 10.8 Å². The molecule has 1 aliphatic rings. The van der Waals surface area contributed by atoms with E-state index in [0.29, 0.717) is 43.1 Å². The van der Waals surface area contributed by atoms with Crippen LogP contribution in [-0.2, 0) is 39.3 Å². The summed E-state index contributed by atoms with van der Waals surface area (Å²) in [5.41, 5.74) is 5.24. The molecule has 4 N–H and O–H groups in total. The number of amides is 2. The molecule has 3 atom stereocenters. The van der Waals surface area contributed by atoms with Gasteiger partial charge in [-0.15, -0.1) is 5.10 Å². The molecule has 0 bridgehead atoms. The molecule has 0 saturated carbocycles. The number of carbonyl (C=O) groups is 2. The molecule has 3 aromatic rings. The summed E-state index contributed by atoms with van der Waals surface area (Å²) in [6.07, 6.45) is 1.33. The predicted molar refractivity (Wildman–Crippen MR) is 145 cm³/mol. The number of nitrogens with zero attached hydrogens (tertiary/aromatic N) is 4. The van der Waals surface area contributed by atoms with Gasteiger partial charge in [0.2, 0.25) is 17.0 Å². The number of rotatable bonds is 13. The molecule has 0 unspecified atom stereocenters. The summed E-state index contributed by atoms with van der Waals surface area (Å²) in [7, 11) is 1.80. The first-order valence-corrected chi connectivity index (χ1v) is 14.1. The molecule has 40 heavy (non-hydrogen) atoms. The Hall–Kier alpha value is -3.36. The van der Waals surface area contributed by atoms with E-state index in [-0.39, 0.29) is 31.1 Å². The van der Waals surface area contributed by atoms with Crippen molar-refractivity contribution in [3.8, 4) is 0 Å². The number of aromatic nitrogens is 4. The highest BCUT2D eigenvalue weighted by Gasteiger charge is 2.32. The highest BCUT2D eigenvalue weighted by molar-refractivity contribution is 7.99. The molecule has 1 aliphatic heterocycles. The molecule has 2 aromatic carbocycles. The van der Waals surface area contributed by atoms with E-state index >= 15 is 0 Å². The van der Waals surface area contributed by atoms with Gasteiger partial charge in [0.25, 0.3) is 0 Å². The zero-order valence-corrected chi connectivity index (χ0v) is 23.0. The second-order valence-electron chi connectivity index (χ2n) is 9.51. The first kappa shape index (κ1) is 29.6. The van der Waals surface area contributed by atoms with Crippen LogP contribution in [0.1, 0.15) is 66.8 Å². The Bertz CT molecular complexity index is 1240. The largest absolute Gasteiger partial charge is 0.392 e. The Balaban J connectivity index is 1.35. The molecule has 12 nitrogen and oxygen atoms in total. The average Bonchev–Trinajstić information content (AvgIpc) is 3.41. The van der Waals surface area contributed by atoms with Crippen molar-refractivity contribution in [2.75, 3.05) is 5.75 Å². The number of thioether (sulfide) groups is 1. The third kappa shape index (κ3) is 8.57. The first-order valence-electron chi connectivity index (χ1n) is 13.1. The number of hydrogen-bond acceptors (Lipinski definition) is 10. The van der Waals surface area contributed by atoms with E-state index in [4.69, 9.17) is 14.7 Å². The minimum absolute atomic E-state index is 0.0152. The number of ether oxygens (including phenoxy) is 2. The lowest BCUT2D eigenvalue weighted by Crippen LogP contribution is -2.31. The number of tetrazole rings is 1. The average molecular weight is 571 g/mol. The van der Waals surface area contributed by atoms with Crippen molar-refractivity contribution in [2.24, 2.45) is 7.05 Å². The summed E-state index contributed by atoms with van der Waals surface area (Å²) < 4.78 is 14.4. The van der Waals surface area contributed by atoms with E-state index in [1.807, 2.05) is 48.5 Å². The standard InChI is InChI=1S/C27H34N6O6S/c1-33-27(29-31-32-33)40-17-22-14-23(20-10-8-19(16-34)9-11-20)39-26(38-22)21-12-6-18(7-13-21)15-28-24(35)4-2-3-5-25(36)30-37/h6-13,22-23,26,34,37H,2-5,14-17H2,1H3,(H,28,35)(H,30,36)/t22-,23+,26+/m1/s1. The molecule has 2 heterocycles. The summed E-state index contributed by atoms with van der Waals surface area (Å²) >= 11 is 1.52. The maximum absolute atomic E-state index is 12.1. The monoisotopic (exact) mass is 570 g/mol. The van der Waals surface area contributed by atoms with E-state index in [9.17, 15) is 14.7 Å². The van der Waals surface area contributed by atoms with Crippen LogP contribution in [0.2, 0.25) is 0 Å². The van der Waals surface area contributed by atoms with Gasteiger partial charge in [-0.1, -0.05) is 60.3 Å². The van der Waals surface area contributed by atoms with E-state index in [1.54, 1.807) is 17.2 Å². The maximum Gasteiger partial charge on any atom is 0.243 e. The fourth-order valence-electron chi connectivity index (χ4n) is 4.24. The minimum atomic E-state index is -0.584. The summed E-state index contributed by atoms with van der Waals surface area (Å²) in [5.74, 6) is 0.0970. The minimum Gasteiger partial charge on any atom is -0.392 e. The molecule has 0 spiro atoms. The number of hydroxylamine groups is 1. The Morgan fingerprint density at radius 2 is 1.68 bits per heavy atom. The molecule has 2 amide bonds. The van der Waals surface area contributed by atoms with Gasteiger partial charge in [-0.05, 0) is 40.0 Å². The highest BCUT2D eigenvalue weighted by atomic mass is 32.2. The fourth-order valence-corrected chi connectivity index (χ4v) is 5.11. The SMILES string of the molecule is Cn1nnnc1SC[C@H]1C[C@@H](c2ccc(CO)cc2)O[C@@H](c2ccc(CNC(=O)CCCCC(=O)NO)cc2)O1. The Morgan fingerprint density at radius 1 is 1.00 bits per heavy atom. The number of aliphatic hydroxyl groups is 1. The van der Waals surface area contributed by atoms with Gasteiger partial charge < -0.3 is 19.9 Å². The van der Waals surface area contributed by atoms with E-state index < -0.39 is 12.2 Å². The Morgan fingerprint density at radius 3 is 2.33 bits per heavy atom. The maximum atomic E-state index is 12.1. The van der Waals surface area contributed by atoms with Crippen LogP contribution >= 0.6 is 11.8 Å². The molecule has 1 aromatic heterocycles. The smallest absolute Gasteiger partial charge is 0.243 e. The lowest BCUT2D eigenvalue weighted by molar-refractivity contribution is -0.245. The molecular weight excluding hydrogens is 536 g/mol. The van der Waals surface area contributed by atoms with Crippen molar-refractivity contribution in [1.29, 1.82) is 0 Å². The van der Waals surface area contributed by atoms with Crippen LogP contribution in [0.5, 0.6) is 0 Å². The Labute approximate surface area is 236 Å². The van der Waals surface area contributed by atoms with Gasteiger partial charge in [-0.2, -0.15) is 0 Å². The molecule has 0 aliphatic carbocycles. The Kier molecular flexibility index (Phi) is 11.0. The quantitative estimate of drug-likeness (QED) is 0.104. The van der Waals surface area contributed by atoms with Gasteiger partial charge >= 0.3 is 0 Å². The van der Waals surface area contributed by atoms with Gasteiger partial charge in [0, 0.05) is 44.2 Å². The van der Waals surface area contributed by atoms with Crippen molar-refractivity contribution >= 4 is 23.6 Å². The van der Waals surface area contributed by atoms with Gasteiger partial charge in [-0.25, -0.2) is 10.2 Å². The lowest BCUT2D eigenvalue weighted by Gasteiger charge is -2.36. The number of aryl methyl sites for hydroxylation is 1. The van der Waals surface area contributed by atoms with Gasteiger partial charge in [-0.3, -0.25) is 14.8 Å². The zero-order chi connectivity index (χ0) is 28.3. The van der Waals surface area contributed by atoms with Crippen LogP contribution in [0.15, 0.2) is 53.7 Å². The normalized spacial score (nSPS) is 18.8. The van der Waals surface area contributed by atoms with Crippen LogP contribution in [-0.4, -0.2) is 54.2 Å². The number of unbranched alkanes of at least 4 members (excludes halogenated alkanes) is 1. The van der Waals surface area contributed by atoms with Crippen molar-refractivity contribution < 1.29 is 29.4 Å². The molecule has 1 fully saturated rings. The summed E-state index contributed by atoms with van der Waals surface area (Å²) in [5, 5.41) is 33.1. The second kappa shape index (κ2) is 14.9. The highest BCUT2D eigenvalue weighted by Crippen LogP contribution is 2.39. The van der Waals surface area contributed by atoms with Crippen molar-refractivity contribution in [2.45, 2.75) is 68.9 Å². The molecule has 1 saturated heterocycles. The molecule has 214 valence electrons. The van der Waals surface area contributed by atoms with Crippen LogP contribution in [0, 0.1) is 0 Å². The fraction of sp³-hybridized carbons (Fsp3) is 0.444. The second-order valence-corrected chi connectivity index (χ2v) is 10.5. The molecule has 0 radical (unpaired) electrons. The van der Waals surface area contributed by atoms with E-state index in [1.165, 1.54) is 11.8 Å². The number of benzene rings is 2. The van der Waals surface area contributed by atoms with Crippen LogP contribution in [0.3, 0.4) is 0 Å².